The van der Waals surface area contributed by atoms with Gasteiger partial charge in [-0.25, -0.2) is 4.68 Å². The van der Waals surface area contributed by atoms with Crippen LogP contribution in [0.5, 0.6) is 0 Å². The first-order valence-electron chi connectivity index (χ1n) is 8.30. The number of nitrogens with one attached hydrogen (secondary N) is 1. The van der Waals surface area contributed by atoms with Gasteiger partial charge in [-0.3, -0.25) is 0 Å². The normalized spacial score (nSPS) is 12.1. The maximum Gasteiger partial charge on any atom is 0.248 e. The Morgan fingerprint density at radius 1 is 0.885 bits per heavy atom. The van der Waals surface area contributed by atoms with Gasteiger partial charge in [0.1, 0.15) is 5.69 Å². The molecule has 0 aliphatic carbocycles. The molecule has 2 aromatic carbocycles. The van der Waals surface area contributed by atoms with Gasteiger partial charge in [-0.05, 0) is 48.5 Å². The molecular formula is C18H18N8. The minimum atomic E-state index is -0.109. The van der Waals surface area contributed by atoms with Crippen molar-refractivity contribution in [2.45, 2.75) is 19.9 Å². The summed E-state index contributed by atoms with van der Waals surface area (Å²) in [6.07, 6.45) is 1.90. The van der Waals surface area contributed by atoms with Crippen molar-refractivity contribution in [2.75, 3.05) is 5.32 Å². The highest BCUT2D eigenvalue weighted by molar-refractivity contribution is 5.41. The Balaban J connectivity index is 1.54. The number of benzene rings is 2. The van der Waals surface area contributed by atoms with Crippen molar-refractivity contribution in [3.8, 4) is 11.4 Å². The van der Waals surface area contributed by atoms with E-state index in [1.165, 1.54) is 5.56 Å². The molecule has 0 spiro atoms. The predicted molar refractivity (Wildman–Crippen MR) is 97.3 cm³/mol. The molecule has 130 valence electrons. The third-order valence-electron chi connectivity index (χ3n) is 4.07. The molecule has 0 bridgehead atoms. The number of tetrazole rings is 1. The molecule has 8 heteroatoms. The Labute approximate surface area is 150 Å². The smallest absolute Gasteiger partial charge is 0.248 e. The molecule has 2 heterocycles. The molecule has 26 heavy (non-hydrogen) atoms. The molecule has 0 radical (unpaired) electrons. The van der Waals surface area contributed by atoms with Crippen LogP contribution in [0.3, 0.4) is 0 Å². The summed E-state index contributed by atoms with van der Waals surface area (Å²) in [6.45, 7) is 4.04. The molecule has 1 N–H and O–H groups in total. The second-order valence-corrected chi connectivity index (χ2v) is 6.04. The van der Waals surface area contributed by atoms with Crippen molar-refractivity contribution in [2.24, 2.45) is 0 Å². The predicted octanol–water partition coefficient (Wildman–Crippen LogP) is 2.72. The number of anilines is 1. The van der Waals surface area contributed by atoms with Gasteiger partial charge in [0.25, 0.3) is 0 Å². The summed E-state index contributed by atoms with van der Waals surface area (Å²) in [5, 5.41) is 23.7. The van der Waals surface area contributed by atoms with Gasteiger partial charge in [0.05, 0.1) is 23.6 Å². The molecule has 2 aromatic heterocycles. The summed E-state index contributed by atoms with van der Waals surface area (Å²) in [7, 11) is 0. The minimum absolute atomic E-state index is 0.109. The van der Waals surface area contributed by atoms with Crippen LogP contribution in [0.1, 0.15) is 24.2 Å². The lowest BCUT2D eigenvalue weighted by Gasteiger charge is -2.11. The Morgan fingerprint density at radius 3 is 2.42 bits per heavy atom. The summed E-state index contributed by atoms with van der Waals surface area (Å²) in [4.78, 5) is 0. The van der Waals surface area contributed by atoms with Gasteiger partial charge in [0, 0.05) is 0 Å². The van der Waals surface area contributed by atoms with Crippen molar-refractivity contribution >= 4 is 5.95 Å². The third kappa shape index (κ3) is 3.16. The fourth-order valence-corrected chi connectivity index (χ4v) is 2.59. The topological polar surface area (TPSA) is 86.3 Å². The van der Waals surface area contributed by atoms with Gasteiger partial charge in [-0.2, -0.15) is 4.68 Å². The zero-order valence-corrected chi connectivity index (χ0v) is 14.5. The average molecular weight is 346 g/mol. The molecule has 0 fully saturated rings. The molecular weight excluding hydrogens is 328 g/mol. The van der Waals surface area contributed by atoms with E-state index >= 15 is 0 Å². The highest BCUT2D eigenvalue weighted by atomic mass is 15.6. The lowest BCUT2D eigenvalue weighted by molar-refractivity contribution is 0.763. The van der Waals surface area contributed by atoms with Crippen molar-refractivity contribution < 1.29 is 0 Å². The molecule has 8 nitrogen and oxygen atoms in total. The largest absolute Gasteiger partial charge is 0.345 e. The van der Waals surface area contributed by atoms with Crippen LogP contribution < -0.4 is 5.32 Å². The summed E-state index contributed by atoms with van der Waals surface area (Å²) in [5.74, 6) is 0.551. The maximum atomic E-state index is 4.26. The first-order valence-corrected chi connectivity index (χ1v) is 8.30. The van der Waals surface area contributed by atoms with E-state index in [-0.39, 0.29) is 6.04 Å². The Morgan fingerprint density at radius 2 is 1.65 bits per heavy atom. The van der Waals surface area contributed by atoms with Gasteiger partial charge >= 0.3 is 0 Å². The van der Waals surface area contributed by atoms with Crippen LogP contribution in [0.2, 0.25) is 0 Å². The van der Waals surface area contributed by atoms with Crippen LogP contribution in [0, 0.1) is 6.92 Å². The summed E-state index contributed by atoms with van der Waals surface area (Å²) < 4.78 is 3.41. The SMILES string of the molecule is Cc1ccc(-n2nnnc2NC(C)c2cn(-c3ccccc3)nn2)cc1. The van der Waals surface area contributed by atoms with Gasteiger partial charge in [-0.15, -0.1) is 5.10 Å². The first kappa shape index (κ1) is 15.9. The number of hydrogen-bond donors (Lipinski definition) is 1. The standard InChI is InChI=1S/C18H18N8/c1-13-8-10-16(11-9-13)26-18(21-22-24-26)19-14(2)17-12-25(23-20-17)15-6-4-3-5-7-15/h3-12,14H,1-2H3,(H,19,21,24). The molecule has 0 aliphatic heterocycles. The molecule has 0 saturated heterocycles. The Hall–Kier alpha value is -3.55. The van der Waals surface area contributed by atoms with E-state index in [0.717, 1.165) is 17.1 Å². The quantitative estimate of drug-likeness (QED) is 0.598. The van der Waals surface area contributed by atoms with Crippen LogP contribution in [-0.2, 0) is 0 Å². The number of aromatic nitrogens is 7. The second-order valence-electron chi connectivity index (χ2n) is 6.04. The Kier molecular flexibility index (Phi) is 4.14. The molecule has 4 rings (SSSR count). The van der Waals surface area contributed by atoms with Crippen LogP contribution in [0.4, 0.5) is 5.95 Å². The molecule has 0 amide bonds. The summed E-state index contributed by atoms with van der Waals surface area (Å²) in [5.41, 5.74) is 3.83. The summed E-state index contributed by atoms with van der Waals surface area (Å²) >= 11 is 0. The number of rotatable bonds is 5. The van der Waals surface area contributed by atoms with E-state index in [1.807, 2.05) is 74.6 Å². The number of nitrogens with zero attached hydrogens (tertiary/aromatic N) is 7. The van der Waals surface area contributed by atoms with Gasteiger partial charge in [0.2, 0.25) is 5.95 Å². The molecule has 0 saturated carbocycles. The van der Waals surface area contributed by atoms with Crippen LogP contribution in [0.25, 0.3) is 11.4 Å². The Bertz CT molecular complexity index is 987. The van der Waals surface area contributed by atoms with Crippen LogP contribution in [-0.4, -0.2) is 35.2 Å². The maximum absolute atomic E-state index is 4.26. The molecule has 4 aromatic rings. The number of hydrogen-bond acceptors (Lipinski definition) is 6. The lowest BCUT2D eigenvalue weighted by atomic mass is 10.2. The lowest BCUT2D eigenvalue weighted by Crippen LogP contribution is -2.12. The van der Waals surface area contributed by atoms with Crippen molar-refractivity contribution in [1.29, 1.82) is 0 Å². The van der Waals surface area contributed by atoms with Crippen molar-refractivity contribution in [3.05, 3.63) is 72.1 Å². The fourth-order valence-electron chi connectivity index (χ4n) is 2.59. The zero-order chi connectivity index (χ0) is 17.9. The van der Waals surface area contributed by atoms with Gasteiger partial charge < -0.3 is 5.32 Å². The molecule has 1 atom stereocenters. The molecule has 0 aliphatic rings. The van der Waals surface area contributed by atoms with Crippen LogP contribution in [0.15, 0.2) is 60.8 Å². The van der Waals surface area contributed by atoms with E-state index in [1.54, 1.807) is 9.36 Å². The second kappa shape index (κ2) is 6.75. The van der Waals surface area contributed by atoms with Crippen LogP contribution >= 0.6 is 0 Å². The van der Waals surface area contributed by atoms with Gasteiger partial charge in [-0.1, -0.05) is 46.2 Å². The van der Waals surface area contributed by atoms with E-state index in [9.17, 15) is 0 Å². The minimum Gasteiger partial charge on any atom is -0.345 e. The summed E-state index contributed by atoms with van der Waals surface area (Å²) in [6, 6.07) is 17.8. The monoisotopic (exact) mass is 346 g/mol. The number of aryl methyl sites for hydroxylation is 1. The highest BCUT2D eigenvalue weighted by Gasteiger charge is 2.15. The van der Waals surface area contributed by atoms with E-state index in [0.29, 0.717) is 5.95 Å². The average Bonchev–Trinajstić information content (AvgIpc) is 3.33. The first-order chi connectivity index (χ1) is 12.7. The van der Waals surface area contributed by atoms with E-state index in [4.69, 9.17) is 0 Å². The van der Waals surface area contributed by atoms with E-state index < -0.39 is 0 Å². The number of para-hydroxylation sites is 1. The fraction of sp³-hybridized carbons (Fsp3) is 0.167. The van der Waals surface area contributed by atoms with Crippen molar-refractivity contribution in [3.63, 3.8) is 0 Å². The van der Waals surface area contributed by atoms with Crippen molar-refractivity contribution in [1.82, 2.24) is 35.2 Å². The highest BCUT2D eigenvalue weighted by Crippen LogP contribution is 2.19. The zero-order valence-electron chi connectivity index (χ0n) is 14.5. The molecule has 1 unspecified atom stereocenters. The third-order valence-corrected chi connectivity index (χ3v) is 4.07. The van der Waals surface area contributed by atoms with Gasteiger partial charge in [0.15, 0.2) is 0 Å². The van der Waals surface area contributed by atoms with E-state index in [2.05, 4.69) is 31.2 Å².